The van der Waals surface area contributed by atoms with E-state index >= 15 is 0 Å². The molecule has 0 saturated carbocycles. The summed E-state index contributed by atoms with van der Waals surface area (Å²) in [7, 11) is 0. The maximum atomic E-state index is 12.1. The van der Waals surface area contributed by atoms with Gasteiger partial charge in [-0.1, -0.05) is 30.3 Å². The molecule has 0 radical (unpaired) electrons. The van der Waals surface area contributed by atoms with E-state index in [4.69, 9.17) is 0 Å². The molecule has 1 aromatic carbocycles. The van der Waals surface area contributed by atoms with E-state index in [1.165, 1.54) is 5.56 Å². The molecule has 92 valence electrons. The van der Waals surface area contributed by atoms with Crippen molar-refractivity contribution in [3.05, 3.63) is 35.9 Å². The first-order valence-electron chi connectivity index (χ1n) is 6.53. The van der Waals surface area contributed by atoms with Gasteiger partial charge < -0.3 is 5.32 Å². The largest absolute Gasteiger partial charge is 0.305 e. The minimum absolute atomic E-state index is 0.239. The van der Waals surface area contributed by atoms with Gasteiger partial charge in [-0.3, -0.25) is 4.79 Å². The fraction of sp³-hybridized carbons (Fsp3) is 0.533. The molecule has 0 amide bonds. The Bertz CT molecular complexity index is 366. The number of hydrogen-bond acceptors (Lipinski definition) is 2. The van der Waals surface area contributed by atoms with Crippen molar-refractivity contribution in [3.63, 3.8) is 0 Å². The van der Waals surface area contributed by atoms with Gasteiger partial charge >= 0.3 is 0 Å². The summed E-state index contributed by atoms with van der Waals surface area (Å²) in [5.74, 6) is 0.380. The van der Waals surface area contributed by atoms with E-state index in [1.54, 1.807) is 0 Å². The van der Waals surface area contributed by atoms with Crippen molar-refractivity contribution < 1.29 is 4.79 Å². The van der Waals surface area contributed by atoms with Gasteiger partial charge in [0.05, 0.1) is 5.54 Å². The zero-order valence-electron chi connectivity index (χ0n) is 10.5. The number of ketones is 1. The van der Waals surface area contributed by atoms with Crippen molar-refractivity contribution in [1.82, 2.24) is 5.32 Å². The third-order valence-electron chi connectivity index (χ3n) is 3.70. The van der Waals surface area contributed by atoms with Crippen LogP contribution in [0.25, 0.3) is 0 Å². The second-order valence-electron chi connectivity index (χ2n) is 5.12. The maximum absolute atomic E-state index is 12.1. The number of rotatable bonds is 5. The number of carbonyl (C=O) groups is 1. The third kappa shape index (κ3) is 3.16. The molecule has 2 heteroatoms. The molecule has 1 aliphatic rings. The summed E-state index contributed by atoms with van der Waals surface area (Å²) < 4.78 is 0. The van der Waals surface area contributed by atoms with Crippen molar-refractivity contribution >= 4 is 5.78 Å². The minimum Gasteiger partial charge on any atom is -0.305 e. The first-order chi connectivity index (χ1) is 8.21. The van der Waals surface area contributed by atoms with Crippen LogP contribution in [-0.4, -0.2) is 17.9 Å². The molecular weight excluding hydrogens is 210 g/mol. The number of carbonyl (C=O) groups excluding carboxylic acids is 1. The molecule has 0 aromatic heterocycles. The molecule has 1 aromatic rings. The van der Waals surface area contributed by atoms with E-state index in [0.29, 0.717) is 12.2 Å². The van der Waals surface area contributed by atoms with E-state index in [9.17, 15) is 4.79 Å². The number of nitrogens with one attached hydrogen (secondary N) is 1. The van der Waals surface area contributed by atoms with E-state index in [1.807, 2.05) is 13.0 Å². The lowest BCUT2D eigenvalue weighted by atomic mass is 9.91. The van der Waals surface area contributed by atoms with Crippen LogP contribution < -0.4 is 5.32 Å². The predicted molar refractivity (Wildman–Crippen MR) is 70.0 cm³/mol. The molecule has 0 bridgehead atoms. The fourth-order valence-corrected chi connectivity index (χ4v) is 2.51. The second-order valence-corrected chi connectivity index (χ2v) is 5.12. The second kappa shape index (κ2) is 5.46. The van der Waals surface area contributed by atoms with Crippen LogP contribution in [0.5, 0.6) is 0 Å². The Balaban J connectivity index is 1.77. The molecule has 1 fully saturated rings. The van der Waals surface area contributed by atoms with Crippen LogP contribution in [0.3, 0.4) is 0 Å². The van der Waals surface area contributed by atoms with Crippen molar-refractivity contribution in [1.29, 1.82) is 0 Å². The molecule has 1 atom stereocenters. The van der Waals surface area contributed by atoms with Gasteiger partial charge in [0, 0.05) is 6.42 Å². The van der Waals surface area contributed by atoms with Gasteiger partial charge in [0.25, 0.3) is 0 Å². The zero-order chi connectivity index (χ0) is 12.1. The Hall–Kier alpha value is -1.15. The van der Waals surface area contributed by atoms with Crippen molar-refractivity contribution in [2.45, 2.75) is 44.6 Å². The predicted octanol–water partition coefficient (Wildman–Crippen LogP) is 2.72. The summed E-state index contributed by atoms with van der Waals surface area (Å²) in [6.45, 7) is 3.03. The van der Waals surface area contributed by atoms with E-state index < -0.39 is 0 Å². The van der Waals surface area contributed by atoms with Crippen LogP contribution in [0.1, 0.15) is 38.2 Å². The average Bonchev–Trinajstić information content (AvgIpc) is 2.79. The number of aryl methyl sites for hydroxylation is 1. The first-order valence-corrected chi connectivity index (χ1v) is 6.53. The molecule has 0 spiro atoms. The summed E-state index contributed by atoms with van der Waals surface area (Å²) in [4.78, 5) is 12.1. The van der Waals surface area contributed by atoms with Crippen LogP contribution in [0.4, 0.5) is 0 Å². The van der Waals surface area contributed by atoms with E-state index in [2.05, 4.69) is 29.6 Å². The molecule has 2 rings (SSSR count). The van der Waals surface area contributed by atoms with Gasteiger partial charge in [-0.15, -0.1) is 0 Å². The monoisotopic (exact) mass is 231 g/mol. The lowest BCUT2D eigenvalue weighted by Gasteiger charge is -2.22. The molecule has 1 saturated heterocycles. The highest BCUT2D eigenvalue weighted by Gasteiger charge is 2.34. The molecule has 1 N–H and O–H groups in total. The van der Waals surface area contributed by atoms with Crippen LogP contribution in [0.15, 0.2) is 30.3 Å². The third-order valence-corrected chi connectivity index (χ3v) is 3.70. The summed E-state index contributed by atoms with van der Waals surface area (Å²) in [6, 6.07) is 10.4. The average molecular weight is 231 g/mol. The molecule has 1 aliphatic heterocycles. The maximum Gasteiger partial charge on any atom is 0.152 e. The SMILES string of the molecule is CC1(C(=O)CCCc2ccccc2)CCCN1. The Morgan fingerprint density at radius 2 is 2.12 bits per heavy atom. The summed E-state index contributed by atoms with van der Waals surface area (Å²) in [5.41, 5.74) is 1.08. The number of hydrogen-bond donors (Lipinski definition) is 1. The Kier molecular flexibility index (Phi) is 3.95. The van der Waals surface area contributed by atoms with Gasteiger partial charge in [-0.25, -0.2) is 0 Å². The highest BCUT2D eigenvalue weighted by molar-refractivity contribution is 5.88. The minimum atomic E-state index is -0.239. The lowest BCUT2D eigenvalue weighted by molar-refractivity contribution is -0.124. The summed E-state index contributed by atoms with van der Waals surface area (Å²) in [6.07, 6.45) is 4.78. The quantitative estimate of drug-likeness (QED) is 0.844. The smallest absolute Gasteiger partial charge is 0.152 e. The highest BCUT2D eigenvalue weighted by Crippen LogP contribution is 2.22. The van der Waals surface area contributed by atoms with Crippen LogP contribution >= 0.6 is 0 Å². The molecule has 2 nitrogen and oxygen atoms in total. The number of Topliss-reactive ketones (excluding diaryl/α,β-unsaturated/α-hetero) is 1. The Morgan fingerprint density at radius 3 is 2.76 bits per heavy atom. The van der Waals surface area contributed by atoms with Gasteiger partial charge in [-0.05, 0) is 44.7 Å². The molecular formula is C15H21NO. The standard InChI is InChI=1S/C15H21NO/c1-15(11-6-12-16-15)14(17)10-5-9-13-7-3-2-4-8-13/h2-4,7-8,16H,5-6,9-12H2,1H3. The van der Waals surface area contributed by atoms with Crippen LogP contribution in [0.2, 0.25) is 0 Å². The normalized spacial score (nSPS) is 23.8. The Morgan fingerprint density at radius 1 is 1.35 bits per heavy atom. The van der Waals surface area contributed by atoms with Gasteiger partial charge in [0.2, 0.25) is 0 Å². The lowest BCUT2D eigenvalue weighted by Crippen LogP contribution is -2.44. The summed E-state index contributed by atoms with van der Waals surface area (Å²) >= 11 is 0. The molecule has 17 heavy (non-hydrogen) atoms. The highest BCUT2D eigenvalue weighted by atomic mass is 16.1. The topological polar surface area (TPSA) is 29.1 Å². The van der Waals surface area contributed by atoms with Gasteiger partial charge in [-0.2, -0.15) is 0 Å². The zero-order valence-corrected chi connectivity index (χ0v) is 10.5. The first kappa shape index (κ1) is 12.3. The van der Waals surface area contributed by atoms with E-state index in [0.717, 1.165) is 32.2 Å². The fourth-order valence-electron chi connectivity index (χ4n) is 2.51. The van der Waals surface area contributed by atoms with Crippen molar-refractivity contribution in [2.75, 3.05) is 6.54 Å². The van der Waals surface area contributed by atoms with Crippen molar-refractivity contribution in [3.8, 4) is 0 Å². The summed E-state index contributed by atoms with van der Waals surface area (Å²) in [5, 5.41) is 3.33. The molecule has 1 unspecified atom stereocenters. The van der Waals surface area contributed by atoms with E-state index in [-0.39, 0.29) is 5.54 Å². The van der Waals surface area contributed by atoms with Crippen LogP contribution in [-0.2, 0) is 11.2 Å². The van der Waals surface area contributed by atoms with Gasteiger partial charge in [0.15, 0.2) is 5.78 Å². The van der Waals surface area contributed by atoms with Crippen LogP contribution in [0, 0.1) is 0 Å². The van der Waals surface area contributed by atoms with Gasteiger partial charge in [0.1, 0.15) is 0 Å². The molecule has 1 heterocycles. The molecule has 0 aliphatic carbocycles. The Labute approximate surface area is 103 Å². The number of benzene rings is 1. The van der Waals surface area contributed by atoms with Crippen molar-refractivity contribution in [2.24, 2.45) is 0 Å².